The third-order valence-electron chi connectivity index (χ3n) is 6.20. The van der Waals surface area contributed by atoms with Gasteiger partial charge in [0.2, 0.25) is 0 Å². The average Bonchev–Trinajstić information content (AvgIpc) is 2.77. The maximum atomic E-state index is 11.9. The van der Waals surface area contributed by atoms with Crippen LogP contribution in [-0.2, 0) is 14.3 Å². The molecule has 33 heavy (non-hydrogen) atoms. The number of rotatable bonds is 25. The summed E-state index contributed by atoms with van der Waals surface area (Å²) in [5.41, 5.74) is 0. The van der Waals surface area contributed by atoms with Crippen molar-refractivity contribution < 1.29 is 19.4 Å². The van der Waals surface area contributed by atoms with Crippen LogP contribution in [0.15, 0.2) is 12.2 Å². The first-order chi connectivity index (χ1) is 16.1. The van der Waals surface area contributed by atoms with Crippen molar-refractivity contribution in [2.75, 3.05) is 0 Å². The number of ether oxygens (including phenoxy) is 1. The van der Waals surface area contributed by atoms with E-state index in [-0.39, 0.29) is 12.4 Å². The zero-order chi connectivity index (χ0) is 24.4. The Hall–Kier alpha value is -1.32. The molecular weight excluding hydrogens is 412 g/mol. The van der Waals surface area contributed by atoms with Crippen LogP contribution in [0.3, 0.4) is 0 Å². The van der Waals surface area contributed by atoms with E-state index in [1.54, 1.807) is 0 Å². The van der Waals surface area contributed by atoms with Gasteiger partial charge in [0.25, 0.3) is 0 Å². The van der Waals surface area contributed by atoms with Crippen molar-refractivity contribution in [1.82, 2.24) is 0 Å². The fourth-order valence-corrected chi connectivity index (χ4v) is 4.19. The Morgan fingerprint density at radius 2 is 1.12 bits per heavy atom. The van der Waals surface area contributed by atoms with E-state index in [2.05, 4.69) is 19.1 Å². The van der Waals surface area contributed by atoms with Gasteiger partial charge in [0.05, 0.1) is 6.42 Å². The number of esters is 1. The molecular formula is C29H54O4. The molecule has 0 aliphatic carbocycles. The van der Waals surface area contributed by atoms with Gasteiger partial charge in [0.1, 0.15) is 6.10 Å². The van der Waals surface area contributed by atoms with Crippen molar-refractivity contribution in [3.63, 3.8) is 0 Å². The maximum Gasteiger partial charge on any atom is 0.307 e. The summed E-state index contributed by atoms with van der Waals surface area (Å²) in [6.45, 7) is 4.24. The molecule has 0 saturated heterocycles. The summed E-state index contributed by atoms with van der Waals surface area (Å²) < 4.78 is 5.32. The number of carboxylic acids is 1. The Morgan fingerprint density at radius 1 is 0.667 bits per heavy atom. The monoisotopic (exact) mass is 466 g/mol. The highest BCUT2D eigenvalue weighted by atomic mass is 16.5. The summed E-state index contributed by atoms with van der Waals surface area (Å²) in [6.07, 6.45) is 29.2. The molecule has 4 heteroatoms. The fraction of sp³-hybridized carbons (Fsp3) is 0.862. The van der Waals surface area contributed by atoms with E-state index < -0.39 is 12.1 Å². The summed E-state index contributed by atoms with van der Waals surface area (Å²) >= 11 is 0. The molecule has 0 bridgehead atoms. The van der Waals surface area contributed by atoms with Crippen molar-refractivity contribution >= 4 is 11.9 Å². The molecule has 0 amide bonds. The van der Waals surface area contributed by atoms with Crippen molar-refractivity contribution in [3.05, 3.63) is 12.2 Å². The lowest BCUT2D eigenvalue weighted by Crippen LogP contribution is -2.21. The molecule has 0 heterocycles. The van der Waals surface area contributed by atoms with Gasteiger partial charge in [0.15, 0.2) is 0 Å². The normalized spacial score (nSPS) is 12.3. The second kappa shape index (κ2) is 25.3. The number of carbonyl (C=O) groups is 2. The lowest BCUT2D eigenvalue weighted by Gasteiger charge is -2.15. The third kappa shape index (κ3) is 25.1. The van der Waals surface area contributed by atoms with Crippen LogP contribution in [0.5, 0.6) is 0 Å². The van der Waals surface area contributed by atoms with Crippen LogP contribution >= 0.6 is 0 Å². The standard InChI is InChI=1S/C29H54O4/c1-3-5-6-7-8-9-10-11-12-13-14-15-16-17-18-19-20-21-22-23-25-29(32)33-27(24-4-2)26-28(30)31/h11-12,27H,3-10,13-26H2,1-2H3,(H,30,31)/b12-11-. The Kier molecular flexibility index (Phi) is 24.3. The summed E-state index contributed by atoms with van der Waals surface area (Å²) in [4.78, 5) is 22.7. The highest BCUT2D eigenvalue weighted by Gasteiger charge is 2.16. The second-order valence-corrected chi connectivity index (χ2v) is 9.60. The van der Waals surface area contributed by atoms with E-state index >= 15 is 0 Å². The van der Waals surface area contributed by atoms with Crippen LogP contribution in [0.1, 0.15) is 155 Å². The first-order valence-corrected chi connectivity index (χ1v) is 14.2. The molecule has 0 aliphatic heterocycles. The molecule has 0 fully saturated rings. The number of hydrogen-bond donors (Lipinski definition) is 1. The van der Waals surface area contributed by atoms with Gasteiger partial charge in [-0.1, -0.05) is 116 Å². The van der Waals surface area contributed by atoms with E-state index in [1.165, 1.54) is 103 Å². The largest absolute Gasteiger partial charge is 0.481 e. The number of unbranched alkanes of at least 4 members (excludes halogenated alkanes) is 16. The van der Waals surface area contributed by atoms with Gasteiger partial charge >= 0.3 is 11.9 Å². The minimum absolute atomic E-state index is 0.0878. The smallest absolute Gasteiger partial charge is 0.307 e. The second-order valence-electron chi connectivity index (χ2n) is 9.60. The van der Waals surface area contributed by atoms with Crippen molar-refractivity contribution in [2.24, 2.45) is 0 Å². The number of aliphatic carboxylic acids is 1. The first-order valence-electron chi connectivity index (χ1n) is 14.2. The van der Waals surface area contributed by atoms with Gasteiger partial charge in [-0.2, -0.15) is 0 Å². The Labute approximate surface area is 204 Å². The zero-order valence-electron chi connectivity index (χ0n) is 22.0. The van der Waals surface area contributed by atoms with Crippen LogP contribution in [0.2, 0.25) is 0 Å². The number of carbonyl (C=O) groups excluding carboxylic acids is 1. The number of hydrogen-bond acceptors (Lipinski definition) is 3. The van der Waals surface area contributed by atoms with E-state index in [0.717, 1.165) is 19.3 Å². The minimum Gasteiger partial charge on any atom is -0.481 e. The summed E-state index contributed by atoms with van der Waals surface area (Å²) in [5.74, 6) is -1.15. The summed E-state index contributed by atoms with van der Waals surface area (Å²) in [6, 6.07) is 0. The molecule has 0 aromatic carbocycles. The average molecular weight is 467 g/mol. The van der Waals surface area contributed by atoms with Gasteiger partial charge in [-0.25, -0.2) is 0 Å². The molecule has 0 aromatic rings. The molecule has 1 atom stereocenters. The Balaban J connectivity index is 3.35. The van der Waals surface area contributed by atoms with Crippen LogP contribution in [0.25, 0.3) is 0 Å². The molecule has 194 valence electrons. The van der Waals surface area contributed by atoms with Crippen LogP contribution < -0.4 is 0 Å². The molecule has 0 radical (unpaired) electrons. The van der Waals surface area contributed by atoms with Crippen LogP contribution in [-0.4, -0.2) is 23.1 Å². The topological polar surface area (TPSA) is 63.6 Å². The maximum absolute atomic E-state index is 11.9. The van der Waals surface area contributed by atoms with Crippen molar-refractivity contribution in [3.8, 4) is 0 Å². The van der Waals surface area contributed by atoms with E-state index in [9.17, 15) is 9.59 Å². The van der Waals surface area contributed by atoms with Crippen molar-refractivity contribution in [1.29, 1.82) is 0 Å². The van der Waals surface area contributed by atoms with E-state index in [1.807, 2.05) is 6.92 Å². The minimum atomic E-state index is -0.906. The number of allylic oxidation sites excluding steroid dienone is 2. The van der Waals surface area contributed by atoms with E-state index in [0.29, 0.717) is 12.8 Å². The molecule has 0 aromatic heterocycles. The molecule has 0 spiro atoms. The lowest BCUT2D eigenvalue weighted by molar-refractivity contribution is -0.153. The van der Waals surface area contributed by atoms with Crippen molar-refractivity contribution in [2.45, 2.75) is 161 Å². The molecule has 0 rings (SSSR count). The molecule has 4 nitrogen and oxygen atoms in total. The van der Waals surface area contributed by atoms with Gasteiger partial charge < -0.3 is 9.84 Å². The Bertz CT molecular complexity index is 472. The third-order valence-corrected chi connectivity index (χ3v) is 6.20. The molecule has 1 unspecified atom stereocenters. The van der Waals surface area contributed by atoms with Crippen LogP contribution in [0, 0.1) is 0 Å². The Morgan fingerprint density at radius 3 is 1.58 bits per heavy atom. The molecule has 0 aliphatic rings. The predicted octanol–water partition coefficient (Wildman–Crippen LogP) is 9.16. The molecule has 0 saturated carbocycles. The van der Waals surface area contributed by atoms with Gasteiger partial charge in [0, 0.05) is 6.42 Å². The van der Waals surface area contributed by atoms with Gasteiger partial charge in [-0.15, -0.1) is 0 Å². The van der Waals surface area contributed by atoms with E-state index in [4.69, 9.17) is 9.84 Å². The predicted molar refractivity (Wildman–Crippen MR) is 140 cm³/mol. The SMILES string of the molecule is CCCCCCCC/C=C\CCCCCCCCCCCCC(=O)OC(CCC)CC(=O)O. The summed E-state index contributed by atoms with van der Waals surface area (Å²) in [5, 5.41) is 8.88. The van der Waals surface area contributed by atoms with Gasteiger partial charge in [-0.05, 0) is 38.5 Å². The zero-order valence-corrected chi connectivity index (χ0v) is 22.0. The highest BCUT2D eigenvalue weighted by Crippen LogP contribution is 2.14. The van der Waals surface area contributed by atoms with Gasteiger partial charge in [-0.3, -0.25) is 9.59 Å². The summed E-state index contributed by atoms with van der Waals surface area (Å²) in [7, 11) is 0. The highest BCUT2D eigenvalue weighted by molar-refractivity contribution is 5.71. The van der Waals surface area contributed by atoms with Crippen LogP contribution in [0.4, 0.5) is 0 Å². The quantitative estimate of drug-likeness (QED) is 0.0827. The first kappa shape index (κ1) is 31.7. The molecule has 1 N–H and O–H groups in total. The lowest BCUT2D eigenvalue weighted by atomic mass is 10.0. The fourth-order valence-electron chi connectivity index (χ4n) is 4.19. The number of carboxylic acid groups (broad SMARTS) is 1.